The maximum Gasteiger partial charge on any atom is 0.158 e. The Kier molecular flexibility index (Phi) is 11.3. The van der Waals surface area contributed by atoms with Gasteiger partial charge in [-0.25, -0.2) is 0 Å². The molecular formula is C14H29NO3. The van der Waals surface area contributed by atoms with Gasteiger partial charge >= 0.3 is 0 Å². The molecule has 0 spiro atoms. The molecule has 0 aliphatic heterocycles. The summed E-state index contributed by atoms with van der Waals surface area (Å²) in [5.41, 5.74) is 0. The highest BCUT2D eigenvalue weighted by molar-refractivity contribution is 5.79. The first-order valence-corrected chi connectivity index (χ1v) is 6.93. The van der Waals surface area contributed by atoms with Crippen molar-refractivity contribution in [2.24, 2.45) is 5.92 Å². The van der Waals surface area contributed by atoms with Crippen molar-refractivity contribution in [2.45, 2.75) is 46.6 Å². The SMILES string of the molecule is CC(C)CCC(=O)COCCOCCNC(C)C. The molecule has 108 valence electrons. The Morgan fingerprint density at radius 2 is 1.72 bits per heavy atom. The fourth-order valence-electron chi connectivity index (χ4n) is 1.35. The van der Waals surface area contributed by atoms with Gasteiger partial charge in [-0.05, 0) is 12.3 Å². The summed E-state index contributed by atoms with van der Waals surface area (Å²) in [5, 5.41) is 3.26. The quantitative estimate of drug-likeness (QED) is 0.545. The highest BCUT2D eigenvalue weighted by atomic mass is 16.5. The van der Waals surface area contributed by atoms with Crippen molar-refractivity contribution in [3.05, 3.63) is 0 Å². The van der Waals surface area contributed by atoms with E-state index in [1.54, 1.807) is 0 Å². The van der Waals surface area contributed by atoms with E-state index in [0.717, 1.165) is 13.0 Å². The van der Waals surface area contributed by atoms with Crippen molar-refractivity contribution in [2.75, 3.05) is 33.0 Å². The van der Waals surface area contributed by atoms with Crippen LogP contribution < -0.4 is 5.32 Å². The molecule has 0 heterocycles. The first-order chi connectivity index (χ1) is 8.52. The normalized spacial score (nSPS) is 11.4. The first kappa shape index (κ1) is 17.6. The summed E-state index contributed by atoms with van der Waals surface area (Å²) in [7, 11) is 0. The van der Waals surface area contributed by atoms with E-state index in [0.29, 0.717) is 38.2 Å². The number of carbonyl (C=O) groups is 1. The van der Waals surface area contributed by atoms with Gasteiger partial charge in [0, 0.05) is 19.0 Å². The van der Waals surface area contributed by atoms with Gasteiger partial charge in [0.2, 0.25) is 0 Å². The molecule has 0 fully saturated rings. The minimum absolute atomic E-state index is 0.185. The Morgan fingerprint density at radius 3 is 2.33 bits per heavy atom. The molecule has 0 bridgehead atoms. The van der Waals surface area contributed by atoms with E-state index in [2.05, 4.69) is 33.0 Å². The molecule has 0 saturated heterocycles. The van der Waals surface area contributed by atoms with E-state index < -0.39 is 0 Å². The monoisotopic (exact) mass is 259 g/mol. The third kappa shape index (κ3) is 13.6. The summed E-state index contributed by atoms with van der Waals surface area (Å²) in [4.78, 5) is 11.4. The lowest BCUT2D eigenvalue weighted by Crippen LogP contribution is -2.27. The Hall–Kier alpha value is -0.450. The second-order valence-electron chi connectivity index (χ2n) is 5.24. The summed E-state index contributed by atoms with van der Waals surface area (Å²) in [6.07, 6.45) is 1.57. The van der Waals surface area contributed by atoms with Crippen molar-refractivity contribution in [3.8, 4) is 0 Å². The van der Waals surface area contributed by atoms with Gasteiger partial charge in [-0.2, -0.15) is 0 Å². The van der Waals surface area contributed by atoms with Crippen molar-refractivity contribution in [1.82, 2.24) is 5.32 Å². The topological polar surface area (TPSA) is 47.6 Å². The molecule has 18 heavy (non-hydrogen) atoms. The number of Topliss-reactive ketones (excluding diaryl/α,β-unsaturated/α-hetero) is 1. The van der Waals surface area contributed by atoms with E-state index in [1.807, 2.05) is 0 Å². The summed E-state index contributed by atoms with van der Waals surface area (Å²) in [5.74, 6) is 0.760. The third-order valence-electron chi connectivity index (χ3n) is 2.43. The van der Waals surface area contributed by atoms with Crippen LogP contribution >= 0.6 is 0 Å². The van der Waals surface area contributed by atoms with Gasteiger partial charge in [0.1, 0.15) is 6.61 Å². The van der Waals surface area contributed by atoms with E-state index in [1.165, 1.54) is 0 Å². The molecule has 4 heteroatoms. The van der Waals surface area contributed by atoms with Crippen LogP contribution in [0.15, 0.2) is 0 Å². The minimum atomic E-state index is 0.185. The fraction of sp³-hybridized carbons (Fsp3) is 0.929. The van der Waals surface area contributed by atoms with Crippen molar-refractivity contribution in [3.63, 3.8) is 0 Å². The number of hydrogen-bond donors (Lipinski definition) is 1. The van der Waals surface area contributed by atoms with Gasteiger partial charge in [-0.15, -0.1) is 0 Å². The minimum Gasteiger partial charge on any atom is -0.378 e. The molecule has 0 aromatic rings. The zero-order chi connectivity index (χ0) is 13.8. The second-order valence-corrected chi connectivity index (χ2v) is 5.24. The second kappa shape index (κ2) is 11.6. The molecule has 4 nitrogen and oxygen atoms in total. The van der Waals surface area contributed by atoms with Crippen LogP contribution in [0.25, 0.3) is 0 Å². The molecule has 0 unspecified atom stereocenters. The summed E-state index contributed by atoms with van der Waals surface area (Å²) in [6, 6.07) is 0.489. The summed E-state index contributed by atoms with van der Waals surface area (Å²) in [6.45, 7) is 11.2. The molecule has 0 rings (SSSR count). The number of nitrogens with one attached hydrogen (secondary N) is 1. The van der Waals surface area contributed by atoms with Crippen LogP contribution in [0.1, 0.15) is 40.5 Å². The van der Waals surface area contributed by atoms with Gasteiger partial charge in [0.05, 0.1) is 19.8 Å². The van der Waals surface area contributed by atoms with Crippen molar-refractivity contribution >= 4 is 5.78 Å². The molecule has 0 aromatic carbocycles. The largest absolute Gasteiger partial charge is 0.378 e. The van der Waals surface area contributed by atoms with E-state index in [-0.39, 0.29) is 12.4 Å². The van der Waals surface area contributed by atoms with Crippen LogP contribution in [0.5, 0.6) is 0 Å². The molecule has 1 N–H and O–H groups in total. The van der Waals surface area contributed by atoms with Crippen molar-refractivity contribution in [1.29, 1.82) is 0 Å². The van der Waals surface area contributed by atoms with E-state index >= 15 is 0 Å². The Morgan fingerprint density at radius 1 is 1.06 bits per heavy atom. The highest BCUT2D eigenvalue weighted by Gasteiger charge is 2.03. The number of ether oxygens (including phenoxy) is 2. The van der Waals surface area contributed by atoms with E-state index in [9.17, 15) is 4.79 Å². The number of hydrogen-bond acceptors (Lipinski definition) is 4. The van der Waals surface area contributed by atoms with Crippen LogP contribution in [0.2, 0.25) is 0 Å². The average molecular weight is 259 g/mol. The van der Waals surface area contributed by atoms with Crippen LogP contribution in [0.4, 0.5) is 0 Å². The molecule has 0 saturated carbocycles. The van der Waals surface area contributed by atoms with Gasteiger partial charge in [-0.3, -0.25) is 4.79 Å². The Balaban J connectivity index is 3.17. The molecule has 0 radical (unpaired) electrons. The smallest absolute Gasteiger partial charge is 0.158 e. The fourth-order valence-corrected chi connectivity index (χ4v) is 1.35. The lowest BCUT2D eigenvalue weighted by atomic mass is 10.1. The number of rotatable bonds is 12. The highest BCUT2D eigenvalue weighted by Crippen LogP contribution is 2.03. The van der Waals surface area contributed by atoms with Gasteiger partial charge in [-0.1, -0.05) is 27.7 Å². The maximum absolute atomic E-state index is 11.4. The molecule has 0 aliphatic carbocycles. The maximum atomic E-state index is 11.4. The van der Waals surface area contributed by atoms with E-state index in [4.69, 9.17) is 9.47 Å². The van der Waals surface area contributed by atoms with Gasteiger partial charge < -0.3 is 14.8 Å². The predicted octanol–water partition coefficient (Wildman–Crippen LogP) is 2.02. The molecule has 0 aliphatic rings. The number of carbonyl (C=O) groups excluding carboxylic acids is 1. The molecule has 0 aromatic heterocycles. The Bertz CT molecular complexity index is 205. The number of ketones is 1. The molecular weight excluding hydrogens is 230 g/mol. The standard InChI is InChI=1S/C14H29NO3/c1-12(2)5-6-14(16)11-18-10-9-17-8-7-15-13(3)4/h12-13,15H,5-11H2,1-4H3. The van der Waals surface area contributed by atoms with Crippen LogP contribution in [0, 0.1) is 5.92 Å². The summed E-state index contributed by atoms with van der Waals surface area (Å²) < 4.78 is 10.6. The predicted molar refractivity (Wildman–Crippen MR) is 73.9 cm³/mol. The lowest BCUT2D eigenvalue weighted by molar-refractivity contribution is -0.124. The summed E-state index contributed by atoms with van der Waals surface area (Å²) >= 11 is 0. The zero-order valence-electron chi connectivity index (χ0n) is 12.3. The Labute approximate surface area is 111 Å². The first-order valence-electron chi connectivity index (χ1n) is 6.93. The van der Waals surface area contributed by atoms with Crippen molar-refractivity contribution < 1.29 is 14.3 Å². The average Bonchev–Trinajstić information content (AvgIpc) is 2.29. The van der Waals surface area contributed by atoms with Gasteiger partial charge in [0.25, 0.3) is 0 Å². The lowest BCUT2D eigenvalue weighted by Gasteiger charge is -2.09. The molecule has 0 atom stereocenters. The van der Waals surface area contributed by atoms with Gasteiger partial charge in [0.15, 0.2) is 5.78 Å². The van der Waals surface area contributed by atoms with Crippen LogP contribution in [-0.2, 0) is 14.3 Å². The molecule has 0 amide bonds. The zero-order valence-corrected chi connectivity index (χ0v) is 12.3. The van der Waals surface area contributed by atoms with Crippen LogP contribution in [0.3, 0.4) is 0 Å². The van der Waals surface area contributed by atoms with Crippen LogP contribution in [-0.4, -0.2) is 44.8 Å². The third-order valence-corrected chi connectivity index (χ3v) is 2.43.